The van der Waals surface area contributed by atoms with Crippen molar-refractivity contribution < 1.29 is 18.4 Å². The largest absolute Gasteiger partial charge is 0.347 e. The van der Waals surface area contributed by atoms with Crippen LogP contribution in [0.5, 0.6) is 0 Å². The first-order valence-electron chi connectivity index (χ1n) is 13.5. The third-order valence-electron chi connectivity index (χ3n) is 8.46. The number of benzene rings is 3. The molecule has 204 valence electrons. The monoisotopic (exact) mass is 531 g/mol. The fraction of sp³-hybridized carbons (Fsp3) is 0.375. The van der Waals surface area contributed by atoms with E-state index in [1.165, 1.54) is 24.3 Å². The molecule has 0 aromatic heterocycles. The minimum absolute atomic E-state index is 0.00248. The highest BCUT2D eigenvalue weighted by Gasteiger charge is 2.62. The molecule has 39 heavy (non-hydrogen) atoms. The lowest BCUT2D eigenvalue weighted by Gasteiger charge is -2.43. The lowest BCUT2D eigenvalue weighted by Crippen LogP contribution is -2.53. The molecule has 2 aliphatic rings. The molecule has 0 bridgehead atoms. The van der Waals surface area contributed by atoms with Crippen molar-refractivity contribution >= 4 is 11.8 Å². The quantitative estimate of drug-likeness (QED) is 0.445. The van der Waals surface area contributed by atoms with E-state index in [1.54, 1.807) is 43.1 Å². The lowest BCUT2D eigenvalue weighted by molar-refractivity contribution is -0.133. The molecule has 1 saturated heterocycles. The zero-order valence-corrected chi connectivity index (χ0v) is 22.5. The van der Waals surface area contributed by atoms with Crippen LogP contribution in [0.3, 0.4) is 0 Å². The van der Waals surface area contributed by atoms with E-state index >= 15 is 0 Å². The van der Waals surface area contributed by atoms with E-state index in [2.05, 4.69) is 22.3 Å². The summed E-state index contributed by atoms with van der Waals surface area (Å²) in [5.41, 5.74) is 1.69. The predicted molar refractivity (Wildman–Crippen MR) is 147 cm³/mol. The number of rotatable bonds is 8. The van der Waals surface area contributed by atoms with Crippen molar-refractivity contribution in [3.8, 4) is 0 Å². The number of nitrogens with one attached hydrogen (secondary N) is 1. The van der Waals surface area contributed by atoms with Gasteiger partial charge in [-0.3, -0.25) is 9.59 Å². The number of likely N-dealkylation sites (N-methyl/N-ethyl adjacent to an activating group) is 1. The second kappa shape index (κ2) is 10.9. The van der Waals surface area contributed by atoms with Gasteiger partial charge in [0.2, 0.25) is 11.8 Å². The molecule has 2 fully saturated rings. The van der Waals surface area contributed by atoms with Gasteiger partial charge in [0.05, 0.1) is 11.0 Å². The van der Waals surface area contributed by atoms with E-state index in [1.807, 2.05) is 18.2 Å². The molecule has 3 aromatic rings. The van der Waals surface area contributed by atoms with E-state index in [0.29, 0.717) is 13.0 Å². The van der Waals surface area contributed by atoms with Crippen molar-refractivity contribution in [2.24, 2.45) is 5.92 Å². The van der Waals surface area contributed by atoms with Crippen LogP contribution in [-0.4, -0.2) is 48.3 Å². The first-order chi connectivity index (χ1) is 18.7. The van der Waals surface area contributed by atoms with Crippen LogP contribution in [0.1, 0.15) is 42.9 Å². The van der Waals surface area contributed by atoms with Crippen molar-refractivity contribution in [3.63, 3.8) is 0 Å². The number of amides is 2. The normalized spacial score (nSPS) is 22.2. The topological polar surface area (TPSA) is 52.7 Å². The van der Waals surface area contributed by atoms with Crippen LogP contribution in [-0.2, 0) is 27.1 Å². The van der Waals surface area contributed by atoms with Gasteiger partial charge >= 0.3 is 0 Å². The Kier molecular flexibility index (Phi) is 7.54. The number of carbonyl (C=O) groups excluding carboxylic acids is 2. The Balaban J connectivity index is 1.31. The molecule has 2 atom stereocenters. The average molecular weight is 532 g/mol. The van der Waals surface area contributed by atoms with Crippen LogP contribution in [0.2, 0.25) is 0 Å². The summed E-state index contributed by atoms with van der Waals surface area (Å²) < 4.78 is 27.2. The summed E-state index contributed by atoms with van der Waals surface area (Å²) in [5, 5.41) is 3.22. The third kappa shape index (κ3) is 5.59. The van der Waals surface area contributed by atoms with Gasteiger partial charge < -0.3 is 15.1 Å². The second-order valence-electron chi connectivity index (χ2n) is 11.1. The zero-order chi connectivity index (χ0) is 27.6. The summed E-state index contributed by atoms with van der Waals surface area (Å²) in [6.07, 6.45) is 2.26. The van der Waals surface area contributed by atoms with E-state index < -0.39 is 11.0 Å². The Morgan fingerprint density at radius 2 is 1.49 bits per heavy atom. The number of hydrogen-bond donors (Lipinski definition) is 1. The summed E-state index contributed by atoms with van der Waals surface area (Å²) in [6, 6.07) is 22.6. The number of carbonyl (C=O) groups is 2. The number of piperidine rings is 1. The second-order valence-corrected chi connectivity index (χ2v) is 11.1. The molecular formula is C32H35F2N3O2. The zero-order valence-electron chi connectivity index (χ0n) is 22.5. The molecule has 1 saturated carbocycles. The third-order valence-corrected chi connectivity index (χ3v) is 8.46. The summed E-state index contributed by atoms with van der Waals surface area (Å²) in [5.74, 6) is -0.591. The van der Waals surface area contributed by atoms with E-state index in [-0.39, 0.29) is 29.4 Å². The van der Waals surface area contributed by atoms with Crippen LogP contribution in [0.4, 0.5) is 8.78 Å². The number of hydrogen-bond acceptors (Lipinski definition) is 3. The van der Waals surface area contributed by atoms with Crippen LogP contribution < -0.4 is 5.32 Å². The first kappa shape index (κ1) is 27.0. The van der Waals surface area contributed by atoms with Crippen LogP contribution in [0.15, 0.2) is 78.9 Å². The molecule has 1 aliphatic heterocycles. The fourth-order valence-electron chi connectivity index (χ4n) is 6.32. The standard InChI is InChI=1S/C32H35F2N3O2/c1-23(38)35-31(25-6-4-3-5-7-25)16-18-37(19-17-31)22-27-20-32(27,26-10-14-29(34)15-11-26)30(39)36(2)21-24-8-12-28(33)13-9-24/h3-15,27H,16-22H2,1-2H3,(H,35,38)/t27-,32+/m0/s1. The maximum atomic E-state index is 13.9. The molecule has 5 rings (SSSR count). The Morgan fingerprint density at radius 1 is 0.897 bits per heavy atom. The molecule has 0 radical (unpaired) electrons. The molecule has 7 heteroatoms. The molecule has 5 nitrogen and oxygen atoms in total. The fourth-order valence-corrected chi connectivity index (χ4v) is 6.32. The molecule has 2 amide bonds. The van der Waals surface area contributed by atoms with Gasteiger partial charge in [-0.1, -0.05) is 54.6 Å². The first-order valence-corrected chi connectivity index (χ1v) is 13.5. The minimum atomic E-state index is -0.714. The van der Waals surface area contributed by atoms with Crippen molar-refractivity contribution in [1.29, 1.82) is 0 Å². The van der Waals surface area contributed by atoms with Crippen molar-refractivity contribution in [2.45, 2.75) is 43.7 Å². The Hall–Kier alpha value is -3.58. The Morgan fingerprint density at radius 3 is 2.08 bits per heavy atom. The highest BCUT2D eigenvalue weighted by Crippen LogP contribution is 2.56. The Bertz CT molecular complexity index is 1310. The van der Waals surface area contributed by atoms with Crippen molar-refractivity contribution in [1.82, 2.24) is 15.1 Å². The summed E-state index contributed by atoms with van der Waals surface area (Å²) >= 11 is 0. The predicted octanol–water partition coefficient (Wildman–Crippen LogP) is 5.01. The molecule has 3 aromatic carbocycles. The highest BCUT2D eigenvalue weighted by atomic mass is 19.1. The van der Waals surface area contributed by atoms with Gasteiger partial charge in [0.25, 0.3) is 0 Å². The smallest absolute Gasteiger partial charge is 0.233 e. The maximum absolute atomic E-state index is 13.9. The SMILES string of the molecule is CC(=O)NC1(c2ccccc2)CCN(C[C@@H]2C[C@@]2(C(=O)N(C)Cc2ccc(F)cc2)c2ccc(F)cc2)CC1. The number of halogens is 2. The lowest BCUT2D eigenvalue weighted by atomic mass is 9.80. The molecular weight excluding hydrogens is 496 g/mol. The highest BCUT2D eigenvalue weighted by molar-refractivity contribution is 5.92. The number of likely N-dealkylation sites (tertiary alicyclic amines) is 1. The molecule has 1 heterocycles. The van der Waals surface area contributed by atoms with Crippen LogP contribution >= 0.6 is 0 Å². The molecule has 1 N–H and O–H groups in total. The summed E-state index contributed by atoms with van der Waals surface area (Å²) in [7, 11) is 1.77. The number of nitrogens with zero attached hydrogens (tertiary/aromatic N) is 2. The van der Waals surface area contributed by atoms with Crippen LogP contribution in [0.25, 0.3) is 0 Å². The summed E-state index contributed by atoms with van der Waals surface area (Å²) in [4.78, 5) is 30.1. The average Bonchev–Trinajstić information content (AvgIpc) is 3.65. The summed E-state index contributed by atoms with van der Waals surface area (Å²) in [6.45, 7) is 4.27. The van der Waals surface area contributed by atoms with E-state index in [9.17, 15) is 18.4 Å². The van der Waals surface area contributed by atoms with Gasteiger partial charge in [-0.15, -0.1) is 0 Å². The van der Waals surface area contributed by atoms with Crippen molar-refractivity contribution in [2.75, 3.05) is 26.7 Å². The van der Waals surface area contributed by atoms with Gasteiger partial charge in [0.15, 0.2) is 0 Å². The molecule has 1 aliphatic carbocycles. The van der Waals surface area contributed by atoms with Crippen molar-refractivity contribution in [3.05, 3.63) is 107 Å². The van der Waals surface area contributed by atoms with E-state index in [0.717, 1.165) is 49.2 Å². The van der Waals surface area contributed by atoms with Gasteiger partial charge in [-0.25, -0.2) is 8.78 Å². The van der Waals surface area contributed by atoms with Gasteiger partial charge in [0, 0.05) is 40.2 Å². The Labute approximate surface area is 228 Å². The van der Waals surface area contributed by atoms with Crippen LogP contribution in [0, 0.1) is 17.6 Å². The van der Waals surface area contributed by atoms with E-state index in [4.69, 9.17) is 0 Å². The van der Waals surface area contributed by atoms with Gasteiger partial charge in [-0.2, -0.15) is 0 Å². The minimum Gasteiger partial charge on any atom is -0.347 e. The molecule has 0 spiro atoms. The molecule has 0 unspecified atom stereocenters. The maximum Gasteiger partial charge on any atom is 0.233 e. The van der Waals surface area contributed by atoms with Gasteiger partial charge in [-0.05, 0) is 66.1 Å². The van der Waals surface area contributed by atoms with Gasteiger partial charge in [0.1, 0.15) is 11.6 Å².